The van der Waals surface area contributed by atoms with E-state index >= 15 is 0 Å². The second-order valence-corrected chi connectivity index (χ2v) is 8.94. The molecule has 0 bridgehead atoms. The van der Waals surface area contributed by atoms with Gasteiger partial charge in [0.05, 0.1) is 0 Å². The molecule has 1 heterocycles. The van der Waals surface area contributed by atoms with E-state index in [9.17, 15) is 9.59 Å². The Morgan fingerprint density at radius 1 is 0.964 bits per heavy atom. The minimum atomic E-state index is -0.547. The molecule has 4 heteroatoms. The topological polar surface area (TPSA) is 46.6 Å². The first-order chi connectivity index (χ1) is 13.3. The highest BCUT2D eigenvalue weighted by Gasteiger charge is 2.59. The van der Waals surface area contributed by atoms with Crippen LogP contribution in [0.15, 0.2) is 60.7 Å². The molecule has 2 atom stereocenters. The third kappa shape index (κ3) is 3.11. The largest absolute Gasteiger partial charge is 0.444 e. The molecule has 0 aromatic heterocycles. The molecule has 0 N–H and O–H groups in total. The molecule has 1 amide bonds. The molecule has 4 rings (SSSR count). The lowest BCUT2D eigenvalue weighted by Crippen LogP contribution is -2.39. The van der Waals surface area contributed by atoms with Gasteiger partial charge in [-0.1, -0.05) is 60.7 Å². The molecule has 1 aliphatic heterocycles. The normalized spacial score (nSPS) is 23.5. The Kier molecular flexibility index (Phi) is 4.53. The van der Waals surface area contributed by atoms with Crippen LogP contribution in [-0.4, -0.2) is 35.5 Å². The van der Waals surface area contributed by atoms with E-state index in [2.05, 4.69) is 24.3 Å². The number of carbonyl (C=O) groups is 2. The minimum absolute atomic E-state index is 0.0531. The highest BCUT2D eigenvalue weighted by atomic mass is 16.6. The summed E-state index contributed by atoms with van der Waals surface area (Å²) in [6, 6.07) is 20.5. The number of amides is 1. The van der Waals surface area contributed by atoms with Gasteiger partial charge in [-0.3, -0.25) is 4.79 Å². The van der Waals surface area contributed by atoms with E-state index in [1.54, 1.807) is 4.90 Å². The molecular weight excluding hydrogens is 350 g/mol. The average molecular weight is 377 g/mol. The third-order valence-electron chi connectivity index (χ3n) is 6.05. The fourth-order valence-corrected chi connectivity index (χ4v) is 4.91. The number of likely N-dealkylation sites (tertiary alicyclic amines) is 1. The van der Waals surface area contributed by atoms with Crippen molar-refractivity contribution in [3.63, 3.8) is 0 Å². The van der Waals surface area contributed by atoms with Crippen molar-refractivity contribution in [2.45, 2.75) is 38.2 Å². The predicted octanol–water partition coefficient (Wildman–Crippen LogP) is 4.43. The molecule has 28 heavy (non-hydrogen) atoms. The molecule has 4 nitrogen and oxygen atoms in total. The van der Waals surface area contributed by atoms with E-state index < -0.39 is 11.0 Å². The number of ketones is 1. The number of hydrogen-bond acceptors (Lipinski definition) is 3. The summed E-state index contributed by atoms with van der Waals surface area (Å²) in [5, 5.41) is 0. The second-order valence-electron chi connectivity index (χ2n) is 8.94. The summed E-state index contributed by atoms with van der Waals surface area (Å²) in [7, 11) is 0. The number of rotatable bonds is 2. The van der Waals surface area contributed by atoms with E-state index in [1.807, 2.05) is 57.2 Å². The maximum Gasteiger partial charge on any atom is 0.410 e. The molecule has 146 valence electrons. The Balaban J connectivity index is 1.75. The minimum Gasteiger partial charge on any atom is -0.444 e. The van der Waals surface area contributed by atoms with Crippen molar-refractivity contribution in [1.82, 2.24) is 4.90 Å². The van der Waals surface area contributed by atoms with Crippen molar-refractivity contribution in [1.29, 1.82) is 0 Å². The van der Waals surface area contributed by atoms with Crippen molar-refractivity contribution >= 4 is 11.9 Å². The first-order valence-corrected chi connectivity index (χ1v) is 9.93. The van der Waals surface area contributed by atoms with Crippen LogP contribution in [0.1, 0.15) is 38.3 Å². The number of hydrogen-bond donors (Lipinski definition) is 0. The average Bonchev–Trinajstić information content (AvgIpc) is 3.22. The van der Waals surface area contributed by atoms with Gasteiger partial charge >= 0.3 is 6.09 Å². The zero-order valence-electron chi connectivity index (χ0n) is 16.7. The second kappa shape index (κ2) is 6.77. The summed E-state index contributed by atoms with van der Waals surface area (Å²) in [5.41, 5.74) is 1.34. The molecule has 2 aromatic rings. The van der Waals surface area contributed by atoms with Gasteiger partial charge in [-0.15, -0.1) is 0 Å². The Morgan fingerprint density at radius 2 is 1.50 bits per heavy atom. The molecule has 0 spiro atoms. The van der Waals surface area contributed by atoms with Gasteiger partial charge in [0.25, 0.3) is 0 Å². The highest BCUT2D eigenvalue weighted by molar-refractivity contribution is 5.89. The zero-order valence-corrected chi connectivity index (χ0v) is 16.7. The van der Waals surface area contributed by atoms with Crippen LogP contribution in [0.3, 0.4) is 0 Å². The lowest BCUT2D eigenvalue weighted by molar-refractivity contribution is -0.120. The molecule has 0 unspecified atom stereocenters. The lowest BCUT2D eigenvalue weighted by Gasteiger charge is -2.36. The molecule has 1 aliphatic carbocycles. The van der Waals surface area contributed by atoms with Crippen LogP contribution >= 0.6 is 0 Å². The summed E-state index contributed by atoms with van der Waals surface area (Å²) in [6.45, 7) is 6.58. The van der Waals surface area contributed by atoms with Crippen LogP contribution in [0.4, 0.5) is 4.79 Å². The van der Waals surface area contributed by atoms with Gasteiger partial charge in [0, 0.05) is 36.8 Å². The molecule has 2 aliphatic rings. The maximum absolute atomic E-state index is 13.1. The van der Waals surface area contributed by atoms with Crippen LogP contribution in [0, 0.1) is 11.8 Å². The molecule has 1 saturated heterocycles. The SMILES string of the molecule is CC(C)(C)OC(=O)N1C[C@@H]2C(=O)CC(c3ccccc3)(c3ccccc3)[C@@H]2C1. The Bertz CT molecular complexity index is 830. The third-order valence-corrected chi connectivity index (χ3v) is 6.05. The fraction of sp³-hybridized carbons (Fsp3) is 0.417. The smallest absolute Gasteiger partial charge is 0.410 e. The molecule has 0 radical (unpaired) electrons. The molecule has 1 saturated carbocycles. The number of Topliss-reactive ketones (excluding diaryl/α,β-unsaturated/α-hetero) is 1. The standard InChI is InChI=1S/C24H27NO3/c1-23(2,3)28-22(27)25-15-19-20(16-25)24(14-21(19)26,17-10-6-4-7-11-17)18-12-8-5-9-13-18/h4-13,19-20H,14-16H2,1-3H3/t19-,20+/m0/s1. The van der Waals surface area contributed by atoms with E-state index in [0.717, 1.165) is 11.1 Å². The van der Waals surface area contributed by atoms with Crippen LogP contribution in [-0.2, 0) is 14.9 Å². The van der Waals surface area contributed by atoms with Crippen LogP contribution in [0.5, 0.6) is 0 Å². The number of carbonyl (C=O) groups excluding carboxylic acids is 2. The summed E-state index contributed by atoms with van der Waals surface area (Å²) in [5.74, 6) is 0.147. The van der Waals surface area contributed by atoms with Gasteiger partial charge < -0.3 is 9.64 Å². The van der Waals surface area contributed by atoms with Crippen molar-refractivity contribution in [2.75, 3.05) is 13.1 Å². The fourth-order valence-electron chi connectivity index (χ4n) is 4.91. The van der Waals surface area contributed by atoms with Crippen LogP contribution in [0.2, 0.25) is 0 Å². The maximum atomic E-state index is 13.1. The van der Waals surface area contributed by atoms with E-state index in [1.165, 1.54) is 0 Å². The summed E-state index contributed by atoms with van der Waals surface area (Å²) >= 11 is 0. The molecule has 2 aromatic carbocycles. The number of ether oxygens (including phenoxy) is 1. The number of fused-ring (bicyclic) bond motifs is 1. The highest BCUT2D eigenvalue weighted by Crippen LogP contribution is 2.54. The van der Waals surface area contributed by atoms with E-state index in [-0.39, 0.29) is 23.7 Å². The van der Waals surface area contributed by atoms with Gasteiger partial charge in [-0.05, 0) is 31.9 Å². The van der Waals surface area contributed by atoms with Gasteiger partial charge in [0.2, 0.25) is 0 Å². The summed E-state index contributed by atoms with van der Waals surface area (Å²) < 4.78 is 5.58. The van der Waals surface area contributed by atoms with Gasteiger partial charge in [0.1, 0.15) is 11.4 Å². The summed E-state index contributed by atoms with van der Waals surface area (Å²) in [6.07, 6.45) is 0.156. The van der Waals surface area contributed by atoms with E-state index in [4.69, 9.17) is 4.74 Å². The van der Waals surface area contributed by atoms with E-state index in [0.29, 0.717) is 19.5 Å². The van der Waals surface area contributed by atoms with Crippen molar-refractivity contribution in [3.05, 3.63) is 71.8 Å². The Hall–Kier alpha value is -2.62. The predicted molar refractivity (Wildman–Crippen MR) is 108 cm³/mol. The molecular formula is C24H27NO3. The van der Waals surface area contributed by atoms with Crippen LogP contribution < -0.4 is 0 Å². The Morgan fingerprint density at radius 3 is 2.00 bits per heavy atom. The molecule has 2 fully saturated rings. The van der Waals surface area contributed by atoms with Crippen LogP contribution in [0.25, 0.3) is 0 Å². The van der Waals surface area contributed by atoms with Gasteiger partial charge in [-0.2, -0.15) is 0 Å². The van der Waals surface area contributed by atoms with Crippen molar-refractivity contribution in [2.24, 2.45) is 11.8 Å². The van der Waals surface area contributed by atoms with Gasteiger partial charge in [0.15, 0.2) is 0 Å². The van der Waals surface area contributed by atoms with Gasteiger partial charge in [-0.25, -0.2) is 4.79 Å². The zero-order chi connectivity index (χ0) is 19.9. The first-order valence-electron chi connectivity index (χ1n) is 9.93. The summed E-state index contributed by atoms with van der Waals surface area (Å²) in [4.78, 5) is 27.5. The quantitative estimate of drug-likeness (QED) is 0.778. The number of nitrogens with zero attached hydrogens (tertiary/aromatic N) is 1. The monoisotopic (exact) mass is 377 g/mol. The number of benzene rings is 2. The lowest BCUT2D eigenvalue weighted by atomic mass is 9.67. The van der Waals surface area contributed by atoms with Crippen molar-refractivity contribution < 1.29 is 14.3 Å². The van der Waals surface area contributed by atoms with Crippen molar-refractivity contribution in [3.8, 4) is 0 Å². The first kappa shape index (κ1) is 18.7. The Labute approximate surface area is 166 Å².